The van der Waals surface area contributed by atoms with Gasteiger partial charge in [0.05, 0.1) is 6.54 Å². The molecule has 1 aliphatic rings. The summed E-state index contributed by atoms with van der Waals surface area (Å²) in [5.74, 6) is 0.129. The van der Waals surface area contributed by atoms with Gasteiger partial charge in [-0.1, -0.05) is 0 Å². The molecule has 1 amide bonds. The van der Waals surface area contributed by atoms with Crippen LogP contribution in [0.5, 0.6) is 0 Å². The van der Waals surface area contributed by atoms with Crippen LogP contribution in [0.1, 0.15) is 26.2 Å². The molecule has 0 spiro atoms. The molecular weight excluding hydrogens is 216 g/mol. The van der Waals surface area contributed by atoms with E-state index in [1.54, 1.807) is 6.20 Å². The monoisotopic (exact) mass is 236 g/mol. The van der Waals surface area contributed by atoms with Gasteiger partial charge >= 0.3 is 0 Å². The summed E-state index contributed by atoms with van der Waals surface area (Å²) in [5.41, 5.74) is 0. The molecule has 2 unspecified atom stereocenters. The largest absolute Gasteiger partial charge is 0.352 e. The fourth-order valence-electron chi connectivity index (χ4n) is 2.22. The molecule has 1 saturated heterocycles. The lowest BCUT2D eigenvalue weighted by atomic mass is 10.1. The quantitative estimate of drug-likeness (QED) is 0.784. The smallest absolute Gasteiger partial charge is 0.221 e. The van der Waals surface area contributed by atoms with Crippen LogP contribution < -0.4 is 10.6 Å². The predicted octanol–water partition coefficient (Wildman–Crippen LogP) is 0.530. The maximum absolute atomic E-state index is 11.8. The zero-order valence-electron chi connectivity index (χ0n) is 10.2. The fourth-order valence-corrected chi connectivity index (χ4v) is 2.22. The van der Waals surface area contributed by atoms with Crippen molar-refractivity contribution in [2.24, 2.45) is 0 Å². The van der Waals surface area contributed by atoms with Crippen molar-refractivity contribution in [3.05, 3.63) is 18.5 Å². The van der Waals surface area contributed by atoms with Gasteiger partial charge in [0.2, 0.25) is 5.91 Å². The molecule has 94 valence electrons. The van der Waals surface area contributed by atoms with Crippen LogP contribution >= 0.6 is 0 Å². The molecule has 2 rings (SSSR count). The van der Waals surface area contributed by atoms with Gasteiger partial charge in [-0.05, 0) is 32.4 Å². The molecule has 0 aromatic carbocycles. The van der Waals surface area contributed by atoms with Crippen LogP contribution in [-0.4, -0.2) is 34.3 Å². The summed E-state index contributed by atoms with van der Waals surface area (Å²) in [4.78, 5) is 11.8. The summed E-state index contributed by atoms with van der Waals surface area (Å²) in [5, 5.41) is 10.5. The molecule has 0 bridgehead atoms. The summed E-state index contributed by atoms with van der Waals surface area (Å²) in [6, 6.07) is 2.37. The van der Waals surface area contributed by atoms with Gasteiger partial charge in [-0.25, -0.2) is 0 Å². The van der Waals surface area contributed by atoms with E-state index in [1.807, 2.05) is 23.9 Å². The number of nitrogens with one attached hydrogen (secondary N) is 2. The Balaban J connectivity index is 1.70. The highest BCUT2D eigenvalue weighted by molar-refractivity contribution is 5.76. The minimum absolute atomic E-state index is 0.115. The minimum Gasteiger partial charge on any atom is -0.352 e. The third-order valence-corrected chi connectivity index (χ3v) is 3.02. The van der Waals surface area contributed by atoms with E-state index in [2.05, 4.69) is 15.7 Å². The van der Waals surface area contributed by atoms with Crippen molar-refractivity contribution in [3.63, 3.8) is 0 Å². The lowest BCUT2D eigenvalue weighted by Gasteiger charge is -2.16. The first-order valence-electron chi connectivity index (χ1n) is 6.24. The van der Waals surface area contributed by atoms with Crippen LogP contribution in [0.15, 0.2) is 18.5 Å². The van der Waals surface area contributed by atoms with Crippen LogP contribution in [-0.2, 0) is 11.3 Å². The van der Waals surface area contributed by atoms with Crippen molar-refractivity contribution < 1.29 is 4.79 Å². The highest BCUT2D eigenvalue weighted by atomic mass is 16.1. The van der Waals surface area contributed by atoms with E-state index >= 15 is 0 Å². The molecule has 1 aliphatic heterocycles. The van der Waals surface area contributed by atoms with Gasteiger partial charge in [0.25, 0.3) is 0 Å². The molecule has 1 aromatic heterocycles. The first kappa shape index (κ1) is 12.1. The maximum atomic E-state index is 11.8. The Hall–Kier alpha value is -1.36. The average molecular weight is 236 g/mol. The Morgan fingerprint density at radius 2 is 2.59 bits per heavy atom. The molecule has 17 heavy (non-hydrogen) atoms. The van der Waals surface area contributed by atoms with E-state index in [0.717, 1.165) is 19.5 Å². The van der Waals surface area contributed by atoms with Gasteiger partial charge in [-0.2, -0.15) is 5.10 Å². The predicted molar refractivity (Wildman–Crippen MR) is 65.5 cm³/mol. The first-order chi connectivity index (χ1) is 8.24. The van der Waals surface area contributed by atoms with Crippen LogP contribution in [0.4, 0.5) is 0 Å². The van der Waals surface area contributed by atoms with Crippen molar-refractivity contribution in [2.45, 2.75) is 44.8 Å². The Morgan fingerprint density at radius 1 is 1.71 bits per heavy atom. The van der Waals surface area contributed by atoms with Crippen LogP contribution in [0.25, 0.3) is 0 Å². The molecule has 2 N–H and O–H groups in total. The number of carbonyl (C=O) groups excluding carboxylic acids is 1. The molecule has 0 aliphatic carbocycles. The molecule has 2 heterocycles. The van der Waals surface area contributed by atoms with Gasteiger partial charge in [0, 0.05) is 30.9 Å². The average Bonchev–Trinajstić information content (AvgIpc) is 2.90. The number of rotatable bonds is 5. The molecule has 0 saturated carbocycles. The minimum atomic E-state index is 0.115. The SMILES string of the molecule is CC(Cn1cccn1)NC(=O)CC1CCCN1. The third-order valence-electron chi connectivity index (χ3n) is 3.02. The van der Waals surface area contributed by atoms with E-state index < -0.39 is 0 Å². The second-order valence-electron chi connectivity index (χ2n) is 4.69. The lowest BCUT2D eigenvalue weighted by Crippen LogP contribution is -2.38. The number of nitrogens with zero attached hydrogens (tertiary/aromatic N) is 2. The van der Waals surface area contributed by atoms with E-state index in [4.69, 9.17) is 0 Å². The summed E-state index contributed by atoms with van der Waals surface area (Å²) in [6.07, 6.45) is 6.53. The molecule has 1 aromatic rings. The molecule has 5 nitrogen and oxygen atoms in total. The van der Waals surface area contributed by atoms with E-state index in [0.29, 0.717) is 12.5 Å². The van der Waals surface area contributed by atoms with Gasteiger partial charge in [-0.3, -0.25) is 9.48 Å². The topological polar surface area (TPSA) is 59.0 Å². The molecular formula is C12H20N4O. The van der Waals surface area contributed by atoms with E-state index in [1.165, 1.54) is 6.42 Å². The van der Waals surface area contributed by atoms with Gasteiger partial charge < -0.3 is 10.6 Å². The number of hydrogen-bond donors (Lipinski definition) is 2. The first-order valence-corrected chi connectivity index (χ1v) is 6.24. The second-order valence-corrected chi connectivity index (χ2v) is 4.69. The summed E-state index contributed by atoms with van der Waals surface area (Å²) >= 11 is 0. The molecule has 0 radical (unpaired) electrons. The Kier molecular flexibility index (Phi) is 4.14. The number of amides is 1. The van der Waals surface area contributed by atoms with Crippen molar-refractivity contribution in [1.82, 2.24) is 20.4 Å². The normalized spacial score (nSPS) is 21.4. The number of hydrogen-bond acceptors (Lipinski definition) is 3. The van der Waals surface area contributed by atoms with Gasteiger partial charge in [0.15, 0.2) is 0 Å². The van der Waals surface area contributed by atoms with Crippen molar-refractivity contribution in [2.75, 3.05) is 6.54 Å². The fraction of sp³-hybridized carbons (Fsp3) is 0.667. The van der Waals surface area contributed by atoms with Gasteiger partial charge in [0.1, 0.15) is 0 Å². The van der Waals surface area contributed by atoms with E-state index in [-0.39, 0.29) is 11.9 Å². The number of aromatic nitrogens is 2. The standard InChI is InChI=1S/C12H20N4O/c1-10(9-16-7-3-6-14-16)15-12(17)8-11-4-2-5-13-11/h3,6-7,10-11,13H,2,4-5,8-9H2,1H3,(H,15,17). The summed E-state index contributed by atoms with van der Waals surface area (Å²) < 4.78 is 1.83. The van der Waals surface area contributed by atoms with Crippen molar-refractivity contribution in [1.29, 1.82) is 0 Å². The van der Waals surface area contributed by atoms with Crippen LogP contribution in [0.3, 0.4) is 0 Å². The van der Waals surface area contributed by atoms with Crippen molar-refractivity contribution >= 4 is 5.91 Å². The Morgan fingerprint density at radius 3 is 3.24 bits per heavy atom. The number of carbonyl (C=O) groups is 1. The summed E-state index contributed by atoms with van der Waals surface area (Å²) in [6.45, 7) is 3.76. The molecule has 2 atom stereocenters. The van der Waals surface area contributed by atoms with Crippen LogP contribution in [0.2, 0.25) is 0 Å². The summed E-state index contributed by atoms with van der Waals surface area (Å²) in [7, 11) is 0. The van der Waals surface area contributed by atoms with E-state index in [9.17, 15) is 4.79 Å². The zero-order valence-corrected chi connectivity index (χ0v) is 10.2. The van der Waals surface area contributed by atoms with Crippen LogP contribution in [0, 0.1) is 0 Å². The second kappa shape index (κ2) is 5.82. The zero-order chi connectivity index (χ0) is 12.1. The van der Waals surface area contributed by atoms with Gasteiger partial charge in [-0.15, -0.1) is 0 Å². The molecule has 1 fully saturated rings. The highest BCUT2D eigenvalue weighted by Gasteiger charge is 2.18. The Bertz CT molecular complexity index is 343. The molecule has 5 heteroatoms. The highest BCUT2D eigenvalue weighted by Crippen LogP contribution is 2.08. The van der Waals surface area contributed by atoms with Crippen molar-refractivity contribution in [3.8, 4) is 0 Å². The third kappa shape index (κ3) is 3.85. The lowest BCUT2D eigenvalue weighted by molar-refractivity contribution is -0.122. The maximum Gasteiger partial charge on any atom is 0.221 e. The Labute approximate surface area is 102 Å².